The molecule has 0 saturated heterocycles. The molecule has 0 aliphatic heterocycles. The van der Waals surface area contributed by atoms with Gasteiger partial charge in [0.05, 0.1) is 5.56 Å². The molecule has 0 saturated carbocycles. The Hall–Kier alpha value is -3.20. The minimum Gasteiger partial charge on any atom is -0.352 e. The van der Waals surface area contributed by atoms with Crippen molar-refractivity contribution >= 4 is 23.0 Å². The number of rotatable bonds is 5. The van der Waals surface area contributed by atoms with Crippen LogP contribution in [0.15, 0.2) is 52.6 Å². The quantitative estimate of drug-likeness (QED) is 0.613. The normalized spacial score (nSPS) is 13.7. The lowest BCUT2D eigenvalue weighted by Crippen LogP contribution is -2.36. The zero-order valence-electron chi connectivity index (χ0n) is 16.9. The second-order valence-electron chi connectivity index (χ2n) is 7.47. The molecule has 9 heteroatoms. The Morgan fingerprint density at radius 1 is 1.09 bits per heavy atom. The predicted octanol–water partition coefficient (Wildman–Crippen LogP) is 4.41. The molecule has 1 aliphatic carbocycles. The van der Waals surface area contributed by atoms with Crippen LogP contribution in [0.25, 0.3) is 5.69 Å². The van der Waals surface area contributed by atoms with Crippen molar-refractivity contribution in [1.29, 1.82) is 0 Å². The first-order valence-electron chi connectivity index (χ1n) is 10.1. The molecule has 2 heterocycles. The van der Waals surface area contributed by atoms with Crippen LogP contribution in [0.3, 0.4) is 0 Å². The molecule has 0 bridgehead atoms. The molecule has 3 aromatic rings. The van der Waals surface area contributed by atoms with Crippen LogP contribution in [0.2, 0.25) is 0 Å². The second-order valence-corrected chi connectivity index (χ2v) is 8.50. The number of fused-ring (bicyclic) bond motifs is 1. The third-order valence-electron chi connectivity index (χ3n) is 5.36. The fraction of sp³-hybridized carbons (Fsp3) is 0.261. The number of ketones is 1. The first-order valence-corrected chi connectivity index (χ1v) is 10.9. The van der Waals surface area contributed by atoms with Crippen LogP contribution in [0.5, 0.6) is 0 Å². The Morgan fingerprint density at radius 3 is 2.50 bits per heavy atom. The van der Waals surface area contributed by atoms with Gasteiger partial charge in [-0.25, -0.2) is 0 Å². The van der Waals surface area contributed by atoms with E-state index in [1.54, 1.807) is 11.3 Å². The fourth-order valence-corrected chi connectivity index (χ4v) is 4.49. The lowest BCUT2D eigenvalue weighted by atomic mass is 9.92. The Balaban J connectivity index is 1.72. The summed E-state index contributed by atoms with van der Waals surface area (Å²) >= 11 is 1.55. The third kappa shape index (κ3) is 4.38. The summed E-state index contributed by atoms with van der Waals surface area (Å²) in [5.41, 5.74) is -0.846. The topological polar surface area (TPSA) is 68.2 Å². The summed E-state index contributed by atoms with van der Waals surface area (Å²) in [5, 5.41) is 4.63. The summed E-state index contributed by atoms with van der Waals surface area (Å²) in [5.74, 6) is -0.812. The molecule has 1 N–H and O–H groups in total. The van der Waals surface area contributed by atoms with Gasteiger partial charge in [-0.05, 0) is 61.0 Å². The van der Waals surface area contributed by atoms with Crippen LogP contribution in [0, 0.1) is 0 Å². The molecule has 166 valence electrons. The molecule has 0 atom stereocenters. The lowest BCUT2D eigenvalue weighted by molar-refractivity contribution is -0.137. The summed E-state index contributed by atoms with van der Waals surface area (Å²) < 4.78 is 40.0. The zero-order valence-corrected chi connectivity index (χ0v) is 17.7. The highest BCUT2D eigenvalue weighted by molar-refractivity contribution is 7.09. The fourth-order valence-electron chi connectivity index (χ4n) is 3.78. The zero-order chi connectivity index (χ0) is 22.9. The first kappa shape index (κ1) is 22.0. The molecule has 0 fully saturated rings. The molecular formula is C23H19F3N2O3S. The predicted molar refractivity (Wildman–Crippen MR) is 115 cm³/mol. The molecule has 5 nitrogen and oxygen atoms in total. The van der Waals surface area contributed by atoms with Crippen molar-refractivity contribution in [3.8, 4) is 5.69 Å². The molecule has 2 aromatic heterocycles. The Kier molecular flexibility index (Phi) is 6.01. The summed E-state index contributed by atoms with van der Waals surface area (Å²) in [4.78, 5) is 39.6. The van der Waals surface area contributed by atoms with Crippen LogP contribution in [0.1, 0.15) is 49.7 Å². The Bertz CT molecular complexity index is 1210. The highest BCUT2D eigenvalue weighted by Gasteiger charge is 2.31. The van der Waals surface area contributed by atoms with Gasteiger partial charge in [-0.15, -0.1) is 11.3 Å². The van der Waals surface area contributed by atoms with Gasteiger partial charge in [0.1, 0.15) is 5.56 Å². The molecular weight excluding hydrogens is 441 g/mol. The molecule has 32 heavy (non-hydrogen) atoms. The van der Waals surface area contributed by atoms with Crippen molar-refractivity contribution in [1.82, 2.24) is 9.88 Å². The van der Waals surface area contributed by atoms with E-state index < -0.39 is 23.2 Å². The summed E-state index contributed by atoms with van der Waals surface area (Å²) in [6.07, 6.45) is -2.68. The smallest absolute Gasteiger partial charge is 0.352 e. The summed E-state index contributed by atoms with van der Waals surface area (Å²) in [6, 6.07) is 9.29. The van der Waals surface area contributed by atoms with Crippen molar-refractivity contribution in [2.75, 3.05) is 6.54 Å². The van der Waals surface area contributed by atoms with E-state index in [4.69, 9.17) is 0 Å². The van der Waals surface area contributed by atoms with Gasteiger partial charge in [-0.2, -0.15) is 13.2 Å². The minimum atomic E-state index is -4.51. The van der Waals surface area contributed by atoms with Crippen molar-refractivity contribution < 1.29 is 22.8 Å². The van der Waals surface area contributed by atoms with E-state index in [1.807, 2.05) is 17.5 Å². The molecule has 0 radical (unpaired) electrons. The maximum Gasteiger partial charge on any atom is 0.416 e. The third-order valence-corrected chi connectivity index (χ3v) is 6.29. The maximum atomic E-state index is 13.2. The van der Waals surface area contributed by atoms with Gasteiger partial charge in [0.25, 0.3) is 11.5 Å². The number of thiophene rings is 1. The van der Waals surface area contributed by atoms with Gasteiger partial charge in [-0.3, -0.25) is 19.0 Å². The highest BCUT2D eigenvalue weighted by atomic mass is 32.1. The molecule has 1 aliphatic rings. The number of alkyl halides is 3. The highest BCUT2D eigenvalue weighted by Crippen LogP contribution is 2.30. The van der Waals surface area contributed by atoms with E-state index in [0.717, 1.165) is 17.0 Å². The number of halogens is 3. The van der Waals surface area contributed by atoms with E-state index in [0.29, 0.717) is 31.5 Å². The number of nitrogens with one attached hydrogen (secondary N) is 1. The maximum absolute atomic E-state index is 13.2. The van der Waals surface area contributed by atoms with Crippen LogP contribution < -0.4 is 10.9 Å². The number of Topliss-reactive ketones (excluding diaryl/α,β-unsaturated/α-hetero) is 1. The average Bonchev–Trinajstić information content (AvgIpc) is 3.26. The van der Waals surface area contributed by atoms with Gasteiger partial charge in [0, 0.05) is 34.8 Å². The van der Waals surface area contributed by atoms with Gasteiger partial charge in [0.15, 0.2) is 5.78 Å². The van der Waals surface area contributed by atoms with Crippen LogP contribution in [-0.2, 0) is 19.0 Å². The van der Waals surface area contributed by atoms with E-state index in [1.165, 1.54) is 22.8 Å². The standard InChI is InChI=1S/C23H19F3N2O3S/c24-23(25,26)14-6-8-15(9-7-14)28-19-4-1-5-20(29)17(19)13-18(22(28)31)21(30)27-11-10-16-3-2-12-32-16/h2-3,6-9,12-13H,1,4-5,10-11H2,(H,27,30). The average molecular weight is 460 g/mol. The van der Waals surface area contributed by atoms with E-state index in [9.17, 15) is 27.6 Å². The van der Waals surface area contributed by atoms with Gasteiger partial charge >= 0.3 is 6.18 Å². The van der Waals surface area contributed by atoms with Crippen molar-refractivity contribution in [3.05, 3.63) is 85.5 Å². The van der Waals surface area contributed by atoms with Crippen molar-refractivity contribution in [3.63, 3.8) is 0 Å². The van der Waals surface area contributed by atoms with Gasteiger partial charge in [-0.1, -0.05) is 6.07 Å². The van der Waals surface area contributed by atoms with E-state index >= 15 is 0 Å². The second kappa shape index (κ2) is 8.74. The molecule has 0 spiro atoms. The lowest BCUT2D eigenvalue weighted by Gasteiger charge is -2.22. The number of carbonyl (C=O) groups excluding carboxylic acids is 2. The molecule has 0 unspecified atom stereocenters. The largest absolute Gasteiger partial charge is 0.416 e. The number of hydrogen-bond donors (Lipinski definition) is 1. The van der Waals surface area contributed by atoms with Crippen LogP contribution in [0.4, 0.5) is 13.2 Å². The number of aromatic nitrogens is 1. The first-order chi connectivity index (χ1) is 15.3. The Morgan fingerprint density at radius 2 is 1.84 bits per heavy atom. The summed E-state index contributed by atoms with van der Waals surface area (Å²) in [7, 11) is 0. The van der Waals surface area contributed by atoms with Gasteiger partial charge < -0.3 is 5.32 Å². The Labute approximate surface area is 185 Å². The molecule has 1 aromatic carbocycles. The number of pyridine rings is 1. The molecule has 4 rings (SSSR count). The number of carbonyl (C=O) groups is 2. The number of benzene rings is 1. The molecule has 1 amide bonds. The van der Waals surface area contributed by atoms with E-state index in [2.05, 4.69) is 5.32 Å². The monoisotopic (exact) mass is 460 g/mol. The SMILES string of the molecule is O=C1CCCc2c1cc(C(=O)NCCc1cccs1)c(=O)n2-c1ccc(C(F)(F)F)cc1. The van der Waals surface area contributed by atoms with Crippen LogP contribution >= 0.6 is 11.3 Å². The van der Waals surface area contributed by atoms with Crippen molar-refractivity contribution in [2.24, 2.45) is 0 Å². The number of hydrogen-bond acceptors (Lipinski definition) is 4. The van der Waals surface area contributed by atoms with E-state index in [-0.39, 0.29) is 29.0 Å². The summed E-state index contributed by atoms with van der Waals surface area (Å²) in [6.45, 7) is 0.310. The van der Waals surface area contributed by atoms with Crippen LogP contribution in [-0.4, -0.2) is 22.8 Å². The van der Waals surface area contributed by atoms with Crippen molar-refractivity contribution in [2.45, 2.75) is 31.9 Å². The van der Waals surface area contributed by atoms with Gasteiger partial charge in [0.2, 0.25) is 0 Å². The minimum absolute atomic E-state index is 0.183. The number of nitrogens with zero attached hydrogens (tertiary/aromatic N) is 1. The number of amides is 1.